The maximum atomic E-state index is 11.9. The van der Waals surface area contributed by atoms with Crippen molar-refractivity contribution in [2.75, 3.05) is 6.54 Å². The van der Waals surface area contributed by atoms with Gasteiger partial charge in [0, 0.05) is 19.0 Å². The van der Waals surface area contributed by atoms with Gasteiger partial charge in [-0.3, -0.25) is 9.59 Å². The molecule has 1 aliphatic carbocycles. The van der Waals surface area contributed by atoms with E-state index < -0.39 is 0 Å². The Hall–Kier alpha value is -1.30. The highest BCUT2D eigenvalue weighted by Crippen LogP contribution is 2.30. The standard InChI is InChI=1S/C12H13BrN2O3/c13-10-4-3-9(18-10)12(17)14-7-5-11(16)15(6-7)8-1-2-8/h3-4,7-8H,1-2,5-6H2,(H,14,17). The molecule has 0 radical (unpaired) electrons. The van der Waals surface area contributed by atoms with Gasteiger partial charge >= 0.3 is 0 Å². The van der Waals surface area contributed by atoms with Gasteiger partial charge in [-0.15, -0.1) is 0 Å². The first-order valence-corrected chi connectivity index (χ1v) is 6.78. The zero-order valence-corrected chi connectivity index (χ0v) is 11.3. The summed E-state index contributed by atoms with van der Waals surface area (Å²) < 4.78 is 5.70. The fourth-order valence-corrected chi connectivity index (χ4v) is 2.57. The van der Waals surface area contributed by atoms with E-state index in [0.29, 0.717) is 23.7 Å². The predicted molar refractivity (Wildman–Crippen MR) is 67.0 cm³/mol. The van der Waals surface area contributed by atoms with Crippen LogP contribution in [0.1, 0.15) is 29.8 Å². The normalized spacial score (nSPS) is 23.5. The zero-order valence-electron chi connectivity index (χ0n) is 9.69. The molecule has 96 valence electrons. The topological polar surface area (TPSA) is 62.6 Å². The fourth-order valence-electron chi connectivity index (χ4n) is 2.26. The largest absolute Gasteiger partial charge is 0.444 e. The van der Waals surface area contributed by atoms with Gasteiger partial charge in [0.2, 0.25) is 5.91 Å². The molecule has 6 heteroatoms. The Bertz CT molecular complexity index is 495. The molecule has 1 saturated carbocycles. The second-order valence-electron chi connectivity index (χ2n) is 4.76. The Balaban J connectivity index is 1.60. The van der Waals surface area contributed by atoms with E-state index in [4.69, 9.17) is 4.42 Å². The lowest BCUT2D eigenvalue weighted by atomic mass is 10.2. The van der Waals surface area contributed by atoms with Gasteiger partial charge in [0.25, 0.3) is 5.91 Å². The van der Waals surface area contributed by atoms with Gasteiger partial charge < -0.3 is 14.6 Å². The Labute approximate surface area is 113 Å². The van der Waals surface area contributed by atoms with Crippen LogP contribution in [0.2, 0.25) is 0 Å². The molecular formula is C12H13BrN2O3. The molecule has 1 atom stereocenters. The average molecular weight is 313 g/mol. The molecular weight excluding hydrogens is 300 g/mol. The van der Waals surface area contributed by atoms with Gasteiger partial charge in [-0.2, -0.15) is 0 Å². The highest BCUT2D eigenvalue weighted by Gasteiger charge is 2.39. The molecule has 1 saturated heterocycles. The van der Waals surface area contributed by atoms with Crippen LogP contribution < -0.4 is 5.32 Å². The van der Waals surface area contributed by atoms with Crippen molar-refractivity contribution in [3.05, 3.63) is 22.6 Å². The van der Waals surface area contributed by atoms with Gasteiger partial charge in [-0.05, 0) is 40.9 Å². The highest BCUT2D eigenvalue weighted by molar-refractivity contribution is 9.10. The average Bonchev–Trinajstić information content (AvgIpc) is 2.97. The number of nitrogens with one attached hydrogen (secondary N) is 1. The minimum Gasteiger partial charge on any atom is -0.444 e. The lowest BCUT2D eigenvalue weighted by Crippen LogP contribution is -2.37. The number of carbonyl (C=O) groups excluding carboxylic acids is 2. The maximum Gasteiger partial charge on any atom is 0.287 e. The van der Waals surface area contributed by atoms with Crippen molar-refractivity contribution in [1.29, 1.82) is 0 Å². The Morgan fingerprint density at radius 1 is 1.44 bits per heavy atom. The van der Waals surface area contributed by atoms with E-state index in [1.165, 1.54) is 0 Å². The second-order valence-corrected chi connectivity index (χ2v) is 5.54. The second kappa shape index (κ2) is 4.42. The molecule has 0 aromatic carbocycles. The van der Waals surface area contributed by atoms with Crippen molar-refractivity contribution >= 4 is 27.7 Å². The van der Waals surface area contributed by atoms with Crippen molar-refractivity contribution in [2.45, 2.75) is 31.3 Å². The van der Waals surface area contributed by atoms with Crippen molar-refractivity contribution in [2.24, 2.45) is 0 Å². The van der Waals surface area contributed by atoms with E-state index in [0.717, 1.165) is 12.8 Å². The Kier molecular flexibility index (Phi) is 2.89. The van der Waals surface area contributed by atoms with Crippen LogP contribution in [0, 0.1) is 0 Å². The first kappa shape index (κ1) is 11.8. The summed E-state index contributed by atoms with van der Waals surface area (Å²) >= 11 is 3.15. The first-order chi connectivity index (χ1) is 8.63. The van der Waals surface area contributed by atoms with Crippen molar-refractivity contribution < 1.29 is 14.0 Å². The van der Waals surface area contributed by atoms with E-state index in [9.17, 15) is 9.59 Å². The minimum absolute atomic E-state index is 0.102. The summed E-state index contributed by atoms with van der Waals surface area (Å²) in [6.45, 7) is 0.622. The third-order valence-corrected chi connectivity index (χ3v) is 3.70. The zero-order chi connectivity index (χ0) is 12.7. The van der Waals surface area contributed by atoms with Gasteiger partial charge in [0.15, 0.2) is 10.4 Å². The molecule has 1 aromatic heterocycles. The van der Waals surface area contributed by atoms with Crippen molar-refractivity contribution in [3.63, 3.8) is 0 Å². The quantitative estimate of drug-likeness (QED) is 0.920. The lowest BCUT2D eigenvalue weighted by molar-refractivity contribution is -0.128. The molecule has 0 spiro atoms. The van der Waals surface area contributed by atoms with Crippen LogP contribution in [-0.4, -0.2) is 35.3 Å². The third kappa shape index (κ3) is 2.29. The van der Waals surface area contributed by atoms with E-state index >= 15 is 0 Å². The summed E-state index contributed by atoms with van der Waals surface area (Å²) in [7, 11) is 0. The number of furan rings is 1. The summed E-state index contributed by atoms with van der Waals surface area (Å²) in [5, 5.41) is 2.84. The van der Waals surface area contributed by atoms with Gasteiger partial charge in [0.05, 0.1) is 6.04 Å². The van der Waals surface area contributed by atoms with Crippen LogP contribution in [0.3, 0.4) is 0 Å². The van der Waals surface area contributed by atoms with Crippen molar-refractivity contribution in [3.8, 4) is 0 Å². The lowest BCUT2D eigenvalue weighted by Gasteiger charge is -2.15. The number of hydrogen-bond donors (Lipinski definition) is 1. The molecule has 2 fully saturated rings. The minimum atomic E-state index is -0.267. The van der Waals surface area contributed by atoms with E-state index in [-0.39, 0.29) is 23.6 Å². The molecule has 2 amide bonds. The summed E-state index contributed by atoms with van der Waals surface area (Å²) in [6, 6.07) is 3.59. The Morgan fingerprint density at radius 3 is 2.83 bits per heavy atom. The summed E-state index contributed by atoms with van der Waals surface area (Å²) in [4.78, 5) is 25.5. The summed E-state index contributed by atoms with van der Waals surface area (Å²) in [6.07, 6.45) is 2.58. The highest BCUT2D eigenvalue weighted by atomic mass is 79.9. The summed E-state index contributed by atoms with van der Waals surface area (Å²) in [5.41, 5.74) is 0. The molecule has 3 rings (SSSR count). The number of likely N-dealkylation sites (tertiary alicyclic amines) is 1. The fraction of sp³-hybridized carbons (Fsp3) is 0.500. The molecule has 2 heterocycles. The maximum absolute atomic E-state index is 11.9. The molecule has 1 N–H and O–H groups in total. The van der Waals surface area contributed by atoms with Crippen molar-refractivity contribution in [1.82, 2.24) is 10.2 Å². The molecule has 1 aliphatic heterocycles. The van der Waals surface area contributed by atoms with Crippen LogP contribution in [0.25, 0.3) is 0 Å². The monoisotopic (exact) mass is 312 g/mol. The van der Waals surface area contributed by atoms with Gasteiger partial charge in [0.1, 0.15) is 0 Å². The van der Waals surface area contributed by atoms with E-state index in [1.807, 2.05) is 4.90 Å². The molecule has 5 nitrogen and oxygen atoms in total. The SMILES string of the molecule is O=C(NC1CC(=O)N(C2CC2)C1)c1ccc(Br)o1. The number of carbonyl (C=O) groups is 2. The molecule has 1 aromatic rings. The molecule has 1 unspecified atom stereocenters. The third-order valence-electron chi connectivity index (χ3n) is 3.28. The van der Waals surface area contributed by atoms with Crippen LogP contribution >= 0.6 is 15.9 Å². The van der Waals surface area contributed by atoms with Crippen LogP contribution in [0.4, 0.5) is 0 Å². The molecule has 0 bridgehead atoms. The summed E-state index contributed by atoms with van der Waals surface area (Å²) in [5.74, 6) is 0.138. The number of rotatable bonds is 3. The predicted octanol–water partition coefficient (Wildman–Crippen LogP) is 1.54. The number of hydrogen-bond acceptors (Lipinski definition) is 3. The first-order valence-electron chi connectivity index (χ1n) is 5.99. The van der Waals surface area contributed by atoms with E-state index in [2.05, 4.69) is 21.2 Å². The Morgan fingerprint density at radius 2 is 2.22 bits per heavy atom. The van der Waals surface area contributed by atoms with Gasteiger partial charge in [-0.1, -0.05) is 0 Å². The van der Waals surface area contributed by atoms with Gasteiger partial charge in [-0.25, -0.2) is 0 Å². The molecule has 2 aliphatic rings. The smallest absolute Gasteiger partial charge is 0.287 e. The van der Waals surface area contributed by atoms with Crippen LogP contribution in [0.15, 0.2) is 21.2 Å². The number of amides is 2. The van der Waals surface area contributed by atoms with Crippen LogP contribution in [-0.2, 0) is 4.79 Å². The number of nitrogens with zero attached hydrogens (tertiary/aromatic N) is 1. The number of halogens is 1. The van der Waals surface area contributed by atoms with E-state index in [1.54, 1.807) is 12.1 Å². The molecule has 18 heavy (non-hydrogen) atoms. The van der Waals surface area contributed by atoms with Crippen LogP contribution in [0.5, 0.6) is 0 Å².